The highest BCUT2D eigenvalue weighted by atomic mass is 16.3. The van der Waals surface area contributed by atoms with E-state index in [-0.39, 0.29) is 30.8 Å². The van der Waals surface area contributed by atoms with Crippen molar-refractivity contribution in [2.75, 3.05) is 18.9 Å². The van der Waals surface area contributed by atoms with E-state index in [1.165, 1.54) is 0 Å². The molecule has 0 aliphatic heterocycles. The Bertz CT molecular complexity index is 1580. The van der Waals surface area contributed by atoms with Crippen LogP contribution in [0.1, 0.15) is 38.3 Å². The first kappa shape index (κ1) is 32.2. The van der Waals surface area contributed by atoms with Crippen LogP contribution in [0.15, 0.2) is 79.0 Å². The van der Waals surface area contributed by atoms with Crippen molar-refractivity contribution < 1.29 is 19.5 Å². The number of aromatic nitrogens is 1. The third kappa shape index (κ3) is 8.92. The van der Waals surface area contributed by atoms with Crippen LogP contribution < -0.4 is 26.6 Å². The van der Waals surface area contributed by atoms with E-state index in [2.05, 4.69) is 31.6 Å². The minimum atomic E-state index is -0.795. The van der Waals surface area contributed by atoms with Gasteiger partial charge in [0.15, 0.2) is 0 Å². The Kier molecular flexibility index (Phi) is 10.8. The number of nitrogens with one attached hydrogen (secondary N) is 6. The van der Waals surface area contributed by atoms with Gasteiger partial charge in [0.2, 0.25) is 11.8 Å². The number of hydrogen-bond acceptors (Lipinski definition) is 5. The van der Waals surface area contributed by atoms with E-state index in [1.807, 2.05) is 92.8 Å². The summed E-state index contributed by atoms with van der Waals surface area (Å²) in [4.78, 5) is 41.8. The second kappa shape index (κ2) is 14.7. The number of fused-ring (bicyclic) bond motifs is 1. The zero-order valence-electron chi connectivity index (χ0n) is 25.7. The van der Waals surface area contributed by atoms with Crippen LogP contribution in [0, 0.1) is 0 Å². The highest BCUT2D eigenvalue weighted by Crippen LogP contribution is 2.28. The first-order chi connectivity index (χ1) is 21.0. The topological polar surface area (TPSA) is 147 Å². The van der Waals surface area contributed by atoms with Gasteiger partial charge in [-0.05, 0) is 49.6 Å². The molecule has 4 aromatic rings. The summed E-state index contributed by atoms with van der Waals surface area (Å²) in [6.07, 6.45) is 1.79. The number of urea groups is 1. The Labute approximate surface area is 258 Å². The minimum Gasteiger partial charge on any atom is -0.392 e. The van der Waals surface area contributed by atoms with Crippen molar-refractivity contribution in [3.8, 4) is 11.1 Å². The Morgan fingerprint density at radius 2 is 1.66 bits per heavy atom. The highest BCUT2D eigenvalue weighted by Gasteiger charge is 2.27. The maximum absolute atomic E-state index is 13.5. The van der Waals surface area contributed by atoms with Crippen molar-refractivity contribution in [3.63, 3.8) is 0 Å². The maximum Gasteiger partial charge on any atom is 0.318 e. The van der Waals surface area contributed by atoms with Crippen molar-refractivity contribution in [2.45, 2.75) is 57.8 Å². The molecule has 2 unspecified atom stereocenters. The first-order valence-electron chi connectivity index (χ1n) is 14.8. The zero-order valence-corrected chi connectivity index (χ0v) is 25.7. The number of carbonyl (C=O) groups excluding carboxylic acids is 3. The number of aliphatic hydroxyl groups excluding tert-OH is 1. The lowest BCUT2D eigenvalue weighted by Crippen LogP contribution is -2.51. The lowest BCUT2D eigenvalue weighted by Gasteiger charge is -2.28. The van der Waals surface area contributed by atoms with E-state index in [0.29, 0.717) is 18.7 Å². The molecule has 10 heteroatoms. The Balaban J connectivity index is 1.45. The van der Waals surface area contributed by atoms with Gasteiger partial charge in [-0.25, -0.2) is 4.79 Å². The Hall–Kier alpha value is -4.67. The predicted molar refractivity (Wildman–Crippen MR) is 174 cm³/mol. The summed E-state index contributed by atoms with van der Waals surface area (Å²) in [5.74, 6) is -0.552. The monoisotopic (exact) mass is 598 g/mol. The number of aliphatic hydroxyl groups is 1. The molecule has 0 bridgehead atoms. The van der Waals surface area contributed by atoms with Crippen LogP contribution in [0.2, 0.25) is 0 Å². The van der Waals surface area contributed by atoms with Crippen molar-refractivity contribution in [1.29, 1.82) is 0 Å². The second-order valence-corrected chi connectivity index (χ2v) is 11.6. The van der Waals surface area contributed by atoms with Crippen LogP contribution in [0.3, 0.4) is 0 Å². The fourth-order valence-electron chi connectivity index (χ4n) is 5.01. The van der Waals surface area contributed by atoms with Gasteiger partial charge in [-0.15, -0.1) is 0 Å². The number of aromatic amines is 1. The molecule has 10 nitrogen and oxygen atoms in total. The molecule has 0 aliphatic carbocycles. The van der Waals surface area contributed by atoms with Gasteiger partial charge in [-0.2, -0.15) is 0 Å². The molecule has 232 valence electrons. The van der Waals surface area contributed by atoms with E-state index >= 15 is 0 Å². The van der Waals surface area contributed by atoms with Crippen LogP contribution in [0.25, 0.3) is 22.0 Å². The number of carbonyl (C=O) groups is 3. The van der Waals surface area contributed by atoms with Gasteiger partial charge in [0.05, 0.1) is 11.8 Å². The molecule has 0 saturated carbocycles. The number of amides is 4. The van der Waals surface area contributed by atoms with E-state index in [1.54, 1.807) is 14.0 Å². The number of rotatable bonds is 13. The summed E-state index contributed by atoms with van der Waals surface area (Å²) in [5.41, 5.74) is 4.69. The number of benzene rings is 3. The molecule has 0 radical (unpaired) electrons. The van der Waals surface area contributed by atoms with E-state index in [0.717, 1.165) is 33.2 Å². The van der Waals surface area contributed by atoms with Gasteiger partial charge in [-0.1, -0.05) is 60.7 Å². The number of H-pyrrole nitrogens is 1. The molecular weight excluding hydrogens is 556 g/mol. The second-order valence-electron chi connectivity index (χ2n) is 11.6. The average molecular weight is 599 g/mol. The molecule has 1 aromatic heterocycles. The molecule has 1 heterocycles. The minimum absolute atomic E-state index is 0.134. The van der Waals surface area contributed by atoms with Gasteiger partial charge in [-0.3, -0.25) is 9.59 Å². The molecule has 0 fully saturated rings. The standard InChI is InChI=1S/C34H42N6O4/c1-22(41)19-38-34(2,3)18-31(42)39-30(17-25-21-36-28-11-7-5-10-27(25)28)32(43)37-20-23-13-15-24(16-14-23)26-9-6-8-12-29(26)40-33(44)35-4/h5-16,21-22,30,36,38,41H,17-20H2,1-4H3,(H,37,43)(H,39,42)(H2,35,40,44). The predicted octanol–water partition coefficient (Wildman–Crippen LogP) is 4.07. The first-order valence-corrected chi connectivity index (χ1v) is 14.8. The molecule has 4 amide bonds. The van der Waals surface area contributed by atoms with Crippen LogP contribution in [-0.2, 0) is 22.6 Å². The zero-order chi connectivity index (χ0) is 31.7. The normalized spacial score (nSPS) is 12.8. The summed E-state index contributed by atoms with van der Waals surface area (Å²) >= 11 is 0. The molecule has 44 heavy (non-hydrogen) atoms. The van der Waals surface area contributed by atoms with Gasteiger partial charge >= 0.3 is 6.03 Å². The Morgan fingerprint density at radius 3 is 2.39 bits per heavy atom. The van der Waals surface area contributed by atoms with E-state index < -0.39 is 17.7 Å². The largest absolute Gasteiger partial charge is 0.392 e. The molecule has 3 aromatic carbocycles. The van der Waals surface area contributed by atoms with E-state index in [4.69, 9.17) is 0 Å². The molecule has 0 aliphatic rings. The summed E-state index contributed by atoms with van der Waals surface area (Å²) in [6, 6.07) is 22.0. The van der Waals surface area contributed by atoms with Crippen molar-refractivity contribution >= 4 is 34.4 Å². The van der Waals surface area contributed by atoms with Crippen molar-refractivity contribution in [2.24, 2.45) is 0 Å². The molecule has 0 saturated heterocycles. The quantitative estimate of drug-likeness (QED) is 0.124. The van der Waals surface area contributed by atoms with Crippen molar-refractivity contribution in [1.82, 2.24) is 26.3 Å². The smallest absolute Gasteiger partial charge is 0.318 e. The number of hydrogen-bond donors (Lipinski definition) is 7. The van der Waals surface area contributed by atoms with Crippen molar-refractivity contribution in [3.05, 3.63) is 90.1 Å². The maximum atomic E-state index is 13.5. The average Bonchev–Trinajstić information content (AvgIpc) is 3.41. The van der Waals surface area contributed by atoms with Crippen LogP contribution >= 0.6 is 0 Å². The fourth-order valence-corrected chi connectivity index (χ4v) is 5.01. The molecule has 0 spiro atoms. The fraction of sp³-hybridized carbons (Fsp3) is 0.324. The van der Waals surface area contributed by atoms with Crippen LogP contribution in [0.5, 0.6) is 0 Å². The molecule has 7 N–H and O–H groups in total. The Morgan fingerprint density at radius 1 is 0.955 bits per heavy atom. The molecule has 2 atom stereocenters. The van der Waals surface area contributed by atoms with Crippen LogP contribution in [-0.4, -0.2) is 59.2 Å². The third-order valence-electron chi connectivity index (χ3n) is 7.36. The summed E-state index contributed by atoms with van der Waals surface area (Å²) in [7, 11) is 1.56. The van der Waals surface area contributed by atoms with Gasteiger partial charge in [0.1, 0.15) is 6.04 Å². The highest BCUT2D eigenvalue weighted by molar-refractivity contribution is 5.94. The molecular formula is C34H42N6O4. The van der Waals surface area contributed by atoms with Gasteiger partial charge < -0.3 is 36.7 Å². The SMILES string of the molecule is CNC(=O)Nc1ccccc1-c1ccc(CNC(=O)C(Cc2c[nH]c3ccccc23)NC(=O)CC(C)(C)NCC(C)O)cc1. The lowest BCUT2D eigenvalue weighted by atomic mass is 9.98. The van der Waals surface area contributed by atoms with Crippen LogP contribution in [0.4, 0.5) is 10.5 Å². The number of para-hydroxylation sites is 2. The molecule has 4 rings (SSSR count). The summed E-state index contributed by atoms with van der Waals surface area (Å²) in [5, 5.41) is 25.2. The number of anilines is 1. The number of β-amino-alcohol motifs (C(OH)–C–C–N with tert-alkyl or cyclic N) is 1. The summed E-state index contributed by atoms with van der Waals surface area (Å²) in [6.45, 7) is 6.09. The van der Waals surface area contributed by atoms with Gasteiger partial charge in [0.25, 0.3) is 0 Å². The summed E-state index contributed by atoms with van der Waals surface area (Å²) < 4.78 is 0. The third-order valence-corrected chi connectivity index (χ3v) is 7.36. The van der Waals surface area contributed by atoms with Gasteiger partial charge in [0, 0.05) is 61.2 Å². The van der Waals surface area contributed by atoms with E-state index in [9.17, 15) is 19.5 Å². The lowest BCUT2D eigenvalue weighted by molar-refractivity contribution is -0.129.